The van der Waals surface area contributed by atoms with Gasteiger partial charge in [0.2, 0.25) is 0 Å². The zero-order chi connectivity index (χ0) is 15.5. The number of carbonyl (C=O) groups excluding carboxylic acids is 1. The van der Waals surface area contributed by atoms with Gasteiger partial charge in [-0.3, -0.25) is 0 Å². The number of furan rings is 1. The van der Waals surface area contributed by atoms with Gasteiger partial charge < -0.3 is 18.4 Å². The van der Waals surface area contributed by atoms with Crippen LogP contribution >= 0.6 is 11.6 Å². The lowest BCUT2D eigenvalue weighted by Gasteiger charge is -2.07. The molecule has 0 radical (unpaired) electrons. The van der Waals surface area contributed by atoms with Crippen molar-refractivity contribution in [3.63, 3.8) is 0 Å². The molecule has 114 valence electrons. The van der Waals surface area contributed by atoms with Crippen molar-refractivity contribution in [1.29, 1.82) is 0 Å². The van der Waals surface area contributed by atoms with E-state index in [1.807, 2.05) is 0 Å². The summed E-state index contributed by atoms with van der Waals surface area (Å²) in [5, 5.41) is 4.90. The van der Waals surface area contributed by atoms with Crippen LogP contribution in [0.15, 0.2) is 39.5 Å². The fraction of sp³-hybridized carbons (Fsp3) is 0.200. The molecule has 2 aromatic heterocycles. The number of fused-ring (bicyclic) bond motifs is 1. The van der Waals surface area contributed by atoms with Gasteiger partial charge in [-0.2, -0.15) is 0 Å². The number of nitrogens with zero attached hydrogens (tertiary/aromatic N) is 1. The Hall–Kier alpha value is -2.47. The first-order chi connectivity index (χ1) is 10.7. The van der Waals surface area contributed by atoms with E-state index in [1.54, 1.807) is 37.5 Å². The van der Waals surface area contributed by atoms with Gasteiger partial charge in [-0.25, -0.2) is 4.79 Å². The number of benzene rings is 1. The zero-order valence-corrected chi connectivity index (χ0v) is 12.4. The summed E-state index contributed by atoms with van der Waals surface area (Å²) >= 11 is 6.24. The molecule has 3 rings (SSSR count). The maximum absolute atomic E-state index is 11.3. The number of rotatable bonds is 5. The van der Waals surface area contributed by atoms with Crippen molar-refractivity contribution in [3.05, 3.63) is 35.6 Å². The van der Waals surface area contributed by atoms with E-state index < -0.39 is 5.97 Å². The van der Waals surface area contributed by atoms with Gasteiger partial charge in [0.1, 0.15) is 10.8 Å². The smallest absolute Gasteiger partial charge is 0.344 e. The van der Waals surface area contributed by atoms with E-state index in [4.69, 9.17) is 30.0 Å². The second-order valence-electron chi connectivity index (χ2n) is 4.36. The summed E-state index contributed by atoms with van der Waals surface area (Å²) in [5.74, 6) is 0.437. The molecule has 0 aliphatic heterocycles. The van der Waals surface area contributed by atoms with E-state index in [9.17, 15) is 4.79 Å². The van der Waals surface area contributed by atoms with Gasteiger partial charge in [0.05, 0.1) is 18.3 Å². The molecule has 0 aliphatic rings. The molecule has 0 fully saturated rings. The Bertz CT molecular complexity index is 794. The maximum atomic E-state index is 11.3. The van der Waals surface area contributed by atoms with Gasteiger partial charge in [-0.05, 0) is 31.2 Å². The lowest BCUT2D eigenvalue weighted by atomic mass is 10.2. The summed E-state index contributed by atoms with van der Waals surface area (Å²) in [6.07, 6.45) is 1.55. The van der Waals surface area contributed by atoms with Crippen LogP contribution in [0, 0.1) is 0 Å². The first-order valence-electron chi connectivity index (χ1n) is 6.61. The third-order valence-electron chi connectivity index (χ3n) is 2.95. The number of aromatic nitrogens is 1. The summed E-state index contributed by atoms with van der Waals surface area (Å²) < 4.78 is 20.7. The van der Waals surface area contributed by atoms with E-state index >= 15 is 0 Å². The van der Waals surface area contributed by atoms with Crippen molar-refractivity contribution in [1.82, 2.24) is 5.16 Å². The third kappa shape index (κ3) is 2.65. The summed E-state index contributed by atoms with van der Waals surface area (Å²) in [6, 6.07) is 6.92. The molecule has 0 N–H and O–H groups in total. The van der Waals surface area contributed by atoms with Crippen molar-refractivity contribution in [3.8, 4) is 17.2 Å². The Kier molecular flexibility index (Phi) is 4.02. The third-order valence-corrected chi connectivity index (χ3v) is 3.31. The maximum Gasteiger partial charge on any atom is 0.344 e. The summed E-state index contributed by atoms with van der Waals surface area (Å²) in [4.78, 5) is 11.3. The van der Waals surface area contributed by atoms with Gasteiger partial charge in [0.25, 0.3) is 0 Å². The molecule has 6 nitrogen and oxygen atoms in total. The van der Waals surface area contributed by atoms with Crippen LogP contribution in [0.2, 0.25) is 5.02 Å². The molecule has 0 saturated heterocycles. The molecule has 0 aliphatic carbocycles. The number of halogens is 1. The normalized spacial score (nSPS) is 10.8. The number of esters is 1. The van der Waals surface area contributed by atoms with Crippen LogP contribution < -0.4 is 4.74 Å². The monoisotopic (exact) mass is 321 g/mol. The van der Waals surface area contributed by atoms with E-state index in [-0.39, 0.29) is 11.6 Å². The van der Waals surface area contributed by atoms with Crippen LogP contribution in [0.25, 0.3) is 22.4 Å². The molecule has 22 heavy (non-hydrogen) atoms. The molecule has 1 aromatic carbocycles. The Morgan fingerprint density at radius 3 is 2.95 bits per heavy atom. The van der Waals surface area contributed by atoms with Gasteiger partial charge >= 0.3 is 5.97 Å². The standard InChI is InChI=1S/C15H12ClNO5/c1-2-19-12(18)8-21-10-6-5-9-14(11-4-3-7-20-11)17-22-15(9)13(10)16/h3-7H,2,8H2,1H3. The van der Waals surface area contributed by atoms with E-state index in [0.717, 1.165) is 0 Å². The highest BCUT2D eigenvalue weighted by Gasteiger charge is 2.18. The molecule has 0 spiro atoms. The highest BCUT2D eigenvalue weighted by atomic mass is 35.5. The Labute approximate surface area is 130 Å². The SMILES string of the molecule is CCOC(=O)COc1ccc2c(-c3ccco3)noc2c1Cl. The lowest BCUT2D eigenvalue weighted by molar-refractivity contribution is -0.145. The quantitative estimate of drug-likeness (QED) is 0.667. The van der Waals surface area contributed by atoms with Gasteiger partial charge in [0.15, 0.2) is 23.6 Å². The predicted octanol–water partition coefficient (Wildman–Crippen LogP) is 3.68. The van der Waals surface area contributed by atoms with E-state index in [1.165, 1.54) is 0 Å². The van der Waals surface area contributed by atoms with Crippen LogP contribution in [0.4, 0.5) is 0 Å². The minimum absolute atomic E-state index is 0.224. The Morgan fingerprint density at radius 2 is 2.23 bits per heavy atom. The summed E-state index contributed by atoms with van der Waals surface area (Å²) in [7, 11) is 0. The number of ether oxygens (including phenoxy) is 2. The van der Waals surface area contributed by atoms with Crippen LogP contribution in [0.1, 0.15) is 6.92 Å². The molecule has 7 heteroatoms. The zero-order valence-electron chi connectivity index (χ0n) is 11.7. The van der Waals surface area contributed by atoms with Crippen molar-refractivity contribution in [2.24, 2.45) is 0 Å². The molecule has 0 atom stereocenters. The van der Waals surface area contributed by atoms with Crippen LogP contribution in [0.3, 0.4) is 0 Å². The highest BCUT2D eigenvalue weighted by molar-refractivity contribution is 6.36. The largest absolute Gasteiger partial charge is 0.480 e. The van der Waals surface area contributed by atoms with Crippen molar-refractivity contribution in [2.45, 2.75) is 6.92 Å². The van der Waals surface area contributed by atoms with Gasteiger partial charge in [-0.1, -0.05) is 16.8 Å². The molecular weight excluding hydrogens is 310 g/mol. The first kappa shape index (κ1) is 14.5. The average molecular weight is 322 g/mol. The second-order valence-corrected chi connectivity index (χ2v) is 4.73. The van der Waals surface area contributed by atoms with E-state index in [0.29, 0.717) is 34.8 Å². The predicted molar refractivity (Wildman–Crippen MR) is 78.8 cm³/mol. The second kappa shape index (κ2) is 6.11. The van der Waals surface area contributed by atoms with Crippen LogP contribution in [0.5, 0.6) is 5.75 Å². The van der Waals surface area contributed by atoms with Crippen LogP contribution in [-0.2, 0) is 9.53 Å². The molecule has 0 bridgehead atoms. The van der Waals surface area contributed by atoms with Crippen molar-refractivity contribution in [2.75, 3.05) is 13.2 Å². The summed E-state index contributed by atoms with van der Waals surface area (Å²) in [5.41, 5.74) is 0.924. The molecule has 0 amide bonds. The van der Waals surface area contributed by atoms with Gasteiger partial charge in [0, 0.05) is 0 Å². The molecule has 2 heterocycles. The summed E-state index contributed by atoms with van der Waals surface area (Å²) in [6.45, 7) is 1.80. The Morgan fingerprint density at radius 1 is 1.36 bits per heavy atom. The minimum atomic E-state index is -0.465. The fourth-order valence-electron chi connectivity index (χ4n) is 2.00. The Balaban J connectivity index is 1.89. The molecule has 3 aromatic rings. The fourth-order valence-corrected chi connectivity index (χ4v) is 2.25. The van der Waals surface area contributed by atoms with E-state index in [2.05, 4.69) is 5.16 Å². The molecular formula is C15H12ClNO5. The lowest BCUT2D eigenvalue weighted by Crippen LogP contribution is -2.14. The van der Waals surface area contributed by atoms with Crippen LogP contribution in [-0.4, -0.2) is 24.3 Å². The topological polar surface area (TPSA) is 74.7 Å². The average Bonchev–Trinajstić information content (AvgIpc) is 3.16. The molecule has 0 unspecified atom stereocenters. The number of hydrogen-bond donors (Lipinski definition) is 0. The highest BCUT2D eigenvalue weighted by Crippen LogP contribution is 2.37. The van der Waals surface area contributed by atoms with Gasteiger partial charge in [-0.15, -0.1) is 0 Å². The molecule has 0 saturated carbocycles. The number of hydrogen-bond acceptors (Lipinski definition) is 6. The van der Waals surface area contributed by atoms with Crippen molar-refractivity contribution < 1.29 is 23.2 Å². The minimum Gasteiger partial charge on any atom is -0.480 e. The first-order valence-corrected chi connectivity index (χ1v) is 6.98. The number of carbonyl (C=O) groups is 1. The van der Waals surface area contributed by atoms with Crippen molar-refractivity contribution >= 4 is 28.5 Å².